The number of carbonyl (C=O) groups excluding carboxylic acids is 1. The Hall–Kier alpha value is -2.18. The Labute approximate surface area is 91.7 Å². The minimum atomic E-state index is -1.13. The van der Waals surface area contributed by atoms with Crippen molar-refractivity contribution in [2.75, 3.05) is 5.32 Å². The first kappa shape index (κ1) is 11.9. The standard InChI is InChI=1S/C9H12N4O3/c1-5(2-7(10)14)13-8-4-11-6(3-12-8)9(15)16/h3-5H,2H2,1H3,(H2,10,14)(H,12,13)(H,15,16). The second kappa shape index (κ2) is 5.06. The molecule has 0 aliphatic rings. The van der Waals surface area contributed by atoms with Crippen molar-refractivity contribution < 1.29 is 14.7 Å². The number of amides is 1. The van der Waals surface area contributed by atoms with Crippen LogP contribution in [0.15, 0.2) is 12.4 Å². The molecule has 1 unspecified atom stereocenters. The Balaban J connectivity index is 2.61. The monoisotopic (exact) mass is 224 g/mol. The van der Waals surface area contributed by atoms with Crippen molar-refractivity contribution in [3.05, 3.63) is 18.1 Å². The number of hydrogen-bond acceptors (Lipinski definition) is 5. The van der Waals surface area contributed by atoms with Crippen molar-refractivity contribution in [1.82, 2.24) is 9.97 Å². The molecule has 16 heavy (non-hydrogen) atoms. The zero-order valence-corrected chi connectivity index (χ0v) is 8.67. The molecular formula is C9H12N4O3. The molecule has 0 aliphatic heterocycles. The van der Waals surface area contributed by atoms with Gasteiger partial charge in [0.05, 0.1) is 12.4 Å². The van der Waals surface area contributed by atoms with E-state index in [0.29, 0.717) is 5.82 Å². The van der Waals surface area contributed by atoms with E-state index < -0.39 is 11.9 Å². The molecule has 1 aromatic rings. The van der Waals surface area contributed by atoms with E-state index in [1.54, 1.807) is 6.92 Å². The van der Waals surface area contributed by atoms with Gasteiger partial charge in [0.25, 0.3) is 0 Å². The molecule has 0 spiro atoms. The van der Waals surface area contributed by atoms with Crippen LogP contribution in [0.5, 0.6) is 0 Å². The molecule has 0 fully saturated rings. The SMILES string of the molecule is CC(CC(N)=O)Nc1cnc(C(=O)O)cn1. The highest BCUT2D eigenvalue weighted by Crippen LogP contribution is 2.04. The van der Waals surface area contributed by atoms with E-state index in [1.807, 2.05) is 0 Å². The van der Waals surface area contributed by atoms with Crippen LogP contribution in [0, 0.1) is 0 Å². The number of nitrogens with zero attached hydrogens (tertiary/aromatic N) is 2. The van der Waals surface area contributed by atoms with E-state index in [4.69, 9.17) is 10.8 Å². The van der Waals surface area contributed by atoms with Crippen LogP contribution >= 0.6 is 0 Å². The van der Waals surface area contributed by atoms with Crippen molar-refractivity contribution >= 4 is 17.7 Å². The lowest BCUT2D eigenvalue weighted by Gasteiger charge is -2.11. The number of hydrogen-bond donors (Lipinski definition) is 3. The van der Waals surface area contributed by atoms with Crippen LogP contribution in [-0.4, -0.2) is 33.0 Å². The number of aromatic nitrogens is 2. The zero-order valence-electron chi connectivity index (χ0n) is 8.67. The Kier molecular flexibility index (Phi) is 3.76. The molecule has 0 bridgehead atoms. The van der Waals surface area contributed by atoms with Gasteiger partial charge in [0.1, 0.15) is 5.82 Å². The maximum atomic E-state index is 10.6. The van der Waals surface area contributed by atoms with Crippen LogP contribution in [0.1, 0.15) is 23.8 Å². The number of aromatic carboxylic acids is 1. The first-order valence-electron chi connectivity index (χ1n) is 4.59. The summed E-state index contributed by atoms with van der Waals surface area (Å²) in [7, 11) is 0. The summed E-state index contributed by atoms with van der Waals surface area (Å²) in [5.74, 6) is -1.15. The molecule has 1 aromatic heterocycles. The third kappa shape index (κ3) is 3.52. The van der Waals surface area contributed by atoms with Crippen LogP contribution < -0.4 is 11.1 Å². The summed E-state index contributed by atoms with van der Waals surface area (Å²) in [4.78, 5) is 28.6. The van der Waals surface area contributed by atoms with Gasteiger partial charge in [-0.05, 0) is 6.92 Å². The van der Waals surface area contributed by atoms with Gasteiger partial charge in [-0.2, -0.15) is 0 Å². The number of rotatable bonds is 5. The molecule has 1 amide bonds. The average Bonchev–Trinajstić information content (AvgIpc) is 2.16. The van der Waals surface area contributed by atoms with Gasteiger partial charge in [-0.25, -0.2) is 14.8 Å². The average molecular weight is 224 g/mol. The minimum Gasteiger partial charge on any atom is -0.476 e. The highest BCUT2D eigenvalue weighted by molar-refractivity contribution is 5.84. The number of carboxylic acids is 1. The van der Waals surface area contributed by atoms with Crippen LogP contribution in [-0.2, 0) is 4.79 Å². The Morgan fingerprint density at radius 1 is 1.50 bits per heavy atom. The molecule has 7 heteroatoms. The molecule has 0 aromatic carbocycles. The van der Waals surface area contributed by atoms with Crippen LogP contribution in [0.25, 0.3) is 0 Å². The van der Waals surface area contributed by atoms with Crippen molar-refractivity contribution in [2.24, 2.45) is 5.73 Å². The van der Waals surface area contributed by atoms with E-state index in [1.165, 1.54) is 6.20 Å². The molecule has 1 heterocycles. The second-order valence-electron chi connectivity index (χ2n) is 3.31. The lowest BCUT2D eigenvalue weighted by atomic mass is 10.2. The highest BCUT2D eigenvalue weighted by atomic mass is 16.4. The minimum absolute atomic E-state index is 0.131. The largest absolute Gasteiger partial charge is 0.476 e. The van der Waals surface area contributed by atoms with E-state index >= 15 is 0 Å². The Morgan fingerprint density at radius 2 is 2.19 bits per heavy atom. The number of nitrogens with two attached hydrogens (primary N) is 1. The van der Waals surface area contributed by atoms with Gasteiger partial charge in [-0.15, -0.1) is 0 Å². The molecule has 1 rings (SSSR count). The van der Waals surface area contributed by atoms with E-state index in [0.717, 1.165) is 6.20 Å². The van der Waals surface area contributed by atoms with Gasteiger partial charge < -0.3 is 16.2 Å². The summed E-state index contributed by atoms with van der Waals surface area (Å²) >= 11 is 0. The molecule has 0 aliphatic carbocycles. The van der Waals surface area contributed by atoms with Crippen molar-refractivity contribution in [2.45, 2.75) is 19.4 Å². The van der Waals surface area contributed by atoms with Crippen molar-refractivity contribution in [3.8, 4) is 0 Å². The number of primary amides is 1. The van der Waals surface area contributed by atoms with Gasteiger partial charge in [0.2, 0.25) is 5.91 Å². The second-order valence-corrected chi connectivity index (χ2v) is 3.31. The van der Waals surface area contributed by atoms with Crippen LogP contribution in [0.3, 0.4) is 0 Å². The fourth-order valence-electron chi connectivity index (χ4n) is 1.12. The van der Waals surface area contributed by atoms with Crippen molar-refractivity contribution in [3.63, 3.8) is 0 Å². The highest BCUT2D eigenvalue weighted by Gasteiger charge is 2.08. The topological polar surface area (TPSA) is 118 Å². The molecule has 4 N–H and O–H groups in total. The maximum Gasteiger partial charge on any atom is 0.356 e. The summed E-state index contributed by atoms with van der Waals surface area (Å²) in [6.45, 7) is 1.76. The molecule has 86 valence electrons. The summed E-state index contributed by atoms with van der Waals surface area (Å²) in [5.41, 5.74) is 4.89. The molecule has 0 saturated carbocycles. The Bertz CT molecular complexity index is 390. The summed E-state index contributed by atoms with van der Waals surface area (Å²) < 4.78 is 0. The first-order valence-corrected chi connectivity index (χ1v) is 4.59. The van der Waals surface area contributed by atoms with Crippen molar-refractivity contribution in [1.29, 1.82) is 0 Å². The number of carbonyl (C=O) groups is 2. The smallest absolute Gasteiger partial charge is 0.356 e. The quantitative estimate of drug-likeness (QED) is 0.640. The summed E-state index contributed by atoms with van der Waals surface area (Å²) in [5, 5.41) is 11.5. The van der Waals surface area contributed by atoms with Gasteiger partial charge in [0, 0.05) is 12.5 Å². The Morgan fingerprint density at radius 3 is 2.62 bits per heavy atom. The summed E-state index contributed by atoms with van der Waals surface area (Å²) in [6, 6.07) is -0.178. The fourth-order valence-corrected chi connectivity index (χ4v) is 1.12. The molecule has 1 atom stereocenters. The van der Waals surface area contributed by atoms with Gasteiger partial charge in [-0.3, -0.25) is 4.79 Å². The van der Waals surface area contributed by atoms with E-state index in [2.05, 4.69) is 15.3 Å². The van der Waals surface area contributed by atoms with E-state index in [-0.39, 0.29) is 18.2 Å². The third-order valence-electron chi connectivity index (χ3n) is 1.77. The number of carboxylic acid groups (broad SMARTS) is 1. The lowest BCUT2D eigenvalue weighted by Crippen LogP contribution is -2.24. The maximum absolute atomic E-state index is 10.6. The molecular weight excluding hydrogens is 212 g/mol. The summed E-state index contributed by atoms with van der Waals surface area (Å²) in [6.07, 6.45) is 2.60. The molecule has 0 radical (unpaired) electrons. The fraction of sp³-hybridized carbons (Fsp3) is 0.333. The lowest BCUT2D eigenvalue weighted by molar-refractivity contribution is -0.118. The predicted octanol–water partition coefficient (Wildman–Crippen LogP) is -0.149. The number of anilines is 1. The van der Waals surface area contributed by atoms with E-state index in [9.17, 15) is 9.59 Å². The number of nitrogens with one attached hydrogen (secondary N) is 1. The normalized spacial score (nSPS) is 11.8. The molecule has 7 nitrogen and oxygen atoms in total. The van der Waals surface area contributed by atoms with Crippen LogP contribution in [0.2, 0.25) is 0 Å². The van der Waals surface area contributed by atoms with Gasteiger partial charge >= 0.3 is 5.97 Å². The third-order valence-corrected chi connectivity index (χ3v) is 1.77. The van der Waals surface area contributed by atoms with Gasteiger partial charge in [0.15, 0.2) is 5.69 Å². The van der Waals surface area contributed by atoms with Crippen LogP contribution in [0.4, 0.5) is 5.82 Å². The zero-order chi connectivity index (χ0) is 12.1. The van der Waals surface area contributed by atoms with Gasteiger partial charge in [-0.1, -0.05) is 0 Å². The molecule has 0 saturated heterocycles. The predicted molar refractivity (Wildman–Crippen MR) is 55.9 cm³/mol. The first-order chi connectivity index (χ1) is 7.49.